The van der Waals surface area contributed by atoms with E-state index >= 15 is 0 Å². The van der Waals surface area contributed by atoms with Crippen molar-refractivity contribution in [1.82, 2.24) is 0 Å². The van der Waals surface area contributed by atoms with Crippen molar-refractivity contribution in [1.29, 1.82) is 0 Å². The van der Waals surface area contributed by atoms with Crippen LogP contribution in [0.5, 0.6) is 0 Å². The van der Waals surface area contributed by atoms with Gasteiger partial charge in [-0.3, -0.25) is 0 Å². The molecule has 0 atom stereocenters. The third kappa shape index (κ3) is 4.07. The van der Waals surface area contributed by atoms with E-state index in [4.69, 9.17) is 0 Å². The predicted molar refractivity (Wildman–Crippen MR) is 69.5 cm³/mol. The quantitative estimate of drug-likeness (QED) is 0.378. The van der Waals surface area contributed by atoms with Crippen LogP contribution in [0.4, 0.5) is 0 Å². The van der Waals surface area contributed by atoms with Crippen LogP contribution in [0.15, 0.2) is 46.1 Å². The zero-order valence-corrected chi connectivity index (χ0v) is 10.2. The van der Waals surface area contributed by atoms with E-state index in [-0.39, 0.29) is 5.92 Å². The summed E-state index contributed by atoms with van der Waals surface area (Å²) in [6.07, 6.45) is 1.99. The number of amidine groups is 1. The van der Waals surface area contributed by atoms with Gasteiger partial charge in [0.2, 0.25) is 0 Å². The highest BCUT2D eigenvalue weighted by Crippen LogP contribution is 2.17. The second kappa shape index (κ2) is 6.12. The summed E-state index contributed by atoms with van der Waals surface area (Å²) >= 11 is 0. The molecule has 0 aromatic carbocycles. The van der Waals surface area contributed by atoms with Gasteiger partial charge >= 0.3 is 0 Å². The molecular weight excluding hydrogens is 184 g/mol. The van der Waals surface area contributed by atoms with Gasteiger partial charge in [-0.25, -0.2) is 9.98 Å². The van der Waals surface area contributed by atoms with Gasteiger partial charge < -0.3 is 0 Å². The molecule has 0 aliphatic heterocycles. The second-order valence-electron chi connectivity index (χ2n) is 3.68. The standard InChI is InChI=1S/C13H20N2/c1-8-10(4)11(5)12(6)15-13(14-7)9(2)3/h8-9H,5-7H2,1-4H3/b10-8-,15-13-. The van der Waals surface area contributed by atoms with Crippen LogP contribution in [0.2, 0.25) is 0 Å². The van der Waals surface area contributed by atoms with E-state index in [9.17, 15) is 0 Å². The fraction of sp³-hybridized carbons (Fsp3) is 0.385. The molecule has 82 valence electrons. The van der Waals surface area contributed by atoms with E-state index < -0.39 is 0 Å². The molecule has 0 aliphatic carbocycles. The Hall–Kier alpha value is -1.44. The first kappa shape index (κ1) is 13.6. The van der Waals surface area contributed by atoms with Crippen molar-refractivity contribution in [3.63, 3.8) is 0 Å². The number of hydrogen-bond acceptors (Lipinski definition) is 1. The van der Waals surface area contributed by atoms with E-state index in [1.807, 2.05) is 33.8 Å². The van der Waals surface area contributed by atoms with Crippen molar-refractivity contribution in [2.24, 2.45) is 15.9 Å². The molecule has 0 amide bonds. The third-order valence-corrected chi connectivity index (χ3v) is 2.19. The molecule has 2 heteroatoms. The van der Waals surface area contributed by atoms with Gasteiger partial charge in [0.05, 0.1) is 5.70 Å². The highest BCUT2D eigenvalue weighted by atomic mass is 14.9. The molecule has 2 nitrogen and oxygen atoms in total. The van der Waals surface area contributed by atoms with Crippen LogP contribution in [0, 0.1) is 5.92 Å². The fourth-order valence-electron chi connectivity index (χ4n) is 0.955. The lowest BCUT2D eigenvalue weighted by Gasteiger charge is -2.08. The van der Waals surface area contributed by atoms with E-state index in [0.29, 0.717) is 11.5 Å². The summed E-state index contributed by atoms with van der Waals surface area (Å²) in [6, 6.07) is 0. The van der Waals surface area contributed by atoms with Gasteiger partial charge in [-0.05, 0) is 31.7 Å². The SMILES string of the molecule is C=N/C(=N\C(=C)C(=C)/C(C)=C\C)C(C)C. The topological polar surface area (TPSA) is 24.7 Å². The summed E-state index contributed by atoms with van der Waals surface area (Å²) < 4.78 is 0. The Balaban J connectivity index is 4.89. The van der Waals surface area contributed by atoms with Gasteiger partial charge in [-0.2, -0.15) is 0 Å². The van der Waals surface area contributed by atoms with Crippen molar-refractivity contribution in [2.75, 3.05) is 0 Å². The van der Waals surface area contributed by atoms with Gasteiger partial charge in [-0.1, -0.05) is 33.1 Å². The molecular formula is C13H20N2. The van der Waals surface area contributed by atoms with Crippen LogP contribution in [-0.4, -0.2) is 12.6 Å². The van der Waals surface area contributed by atoms with Crippen molar-refractivity contribution >= 4 is 12.6 Å². The largest absolute Gasteiger partial charge is 0.249 e. The van der Waals surface area contributed by atoms with E-state index in [1.54, 1.807) is 0 Å². The number of nitrogens with zero attached hydrogens (tertiary/aromatic N) is 2. The Morgan fingerprint density at radius 2 is 1.80 bits per heavy atom. The first-order valence-corrected chi connectivity index (χ1v) is 5.00. The summed E-state index contributed by atoms with van der Waals surface area (Å²) in [5.41, 5.74) is 2.58. The highest BCUT2D eigenvalue weighted by molar-refractivity contribution is 5.89. The highest BCUT2D eigenvalue weighted by Gasteiger charge is 2.05. The summed E-state index contributed by atoms with van der Waals surface area (Å²) in [6.45, 7) is 19.3. The minimum absolute atomic E-state index is 0.248. The van der Waals surface area contributed by atoms with Crippen LogP contribution in [0.25, 0.3) is 0 Å². The smallest absolute Gasteiger partial charge is 0.130 e. The number of aliphatic imine (C=N–C) groups is 2. The molecule has 0 aromatic rings. The van der Waals surface area contributed by atoms with Gasteiger partial charge in [0, 0.05) is 5.92 Å². The number of hydrogen-bond donors (Lipinski definition) is 0. The lowest BCUT2D eigenvalue weighted by atomic mass is 10.1. The monoisotopic (exact) mass is 204 g/mol. The minimum atomic E-state index is 0.248. The van der Waals surface area contributed by atoms with Crippen LogP contribution < -0.4 is 0 Å². The molecule has 0 saturated carbocycles. The molecule has 0 bridgehead atoms. The maximum Gasteiger partial charge on any atom is 0.130 e. The summed E-state index contributed by atoms with van der Waals surface area (Å²) in [7, 11) is 0. The summed E-state index contributed by atoms with van der Waals surface area (Å²) in [4.78, 5) is 8.19. The first-order chi connectivity index (χ1) is 6.93. The number of rotatable bonds is 4. The van der Waals surface area contributed by atoms with Gasteiger partial charge in [0.1, 0.15) is 5.84 Å². The van der Waals surface area contributed by atoms with Crippen molar-refractivity contribution in [3.05, 3.63) is 36.1 Å². The van der Waals surface area contributed by atoms with E-state index in [2.05, 4.69) is 29.9 Å². The molecule has 0 aliphatic rings. The zero-order valence-electron chi connectivity index (χ0n) is 10.2. The molecule has 0 radical (unpaired) electrons. The minimum Gasteiger partial charge on any atom is -0.249 e. The predicted octanol–water partition coefficient (Wildman–Crippen LogP) is 3.78. The van der Waals surface area contributed by atoms with Gasteiger partial charge in [-0.15, -0.1) is 0 Å². The van der Waals surface area contributed by atoms with Crippen LogP contribution in [0.3, 0.4) is 0 Å². The molecule has 0 saturated heterocycles. The average Bonchev–Trinajstić information content (AvgIpc) is 2.22. The van der Waals surface area contributed by atoms with E-state index in [0.717, 1.165) is 11.1 Å². The molecule has 0 N–H and O–H groups in total. The maximum absolute atomic E-state index is 4.32. The fourth-order valence-corrected chi connectivity index (χ4v) is 0.955. The Morgan fingerprint density at radius 1 is 1.27 bits per heavy atom. The lowest BCUT2D eigenvalue weighted by Crippen LogP contribution is -2.04. The van der Waals surface area contributed by atoms with Gasteiger partial charge in [0.15, 0.2) is 0 Å². The number of allylic oxidation sites excluding steroid dienone is 2. The van der Waals surface area contributed by atoms with Crippen LogP contribution >= 0.6 is 0 Å². The summed E-state index contributed by atoms with van der Waals surface area (Å²) in [5.74, 6) is 0.947. The van der Waals surface area contributed by atoms with Crippen molar-refractivity contribution in [3.8, 4) is 0 Å². The Labute approximate surface area is 92.8 Å². The molecule has 15 heavy (non-hydrogen) atoms. The molecule has 0 aromatic heterocycles. The Kier molecular flexibility index (Phi) is 5.53. The summed E-state index contributed by atoms with van der Waals surface area (Å²) in [5, 5.41) is 0. The molecule has 0 unspecified atom stereocenters. The Bertz CT molecular complexity index is 330. The molecule has 0 rings (SSSR count). The van der Waals surface area contributed by atoms with Gasteiger partial charge in [0.25, 0.3) is 0 Å². The second-order valence-corrected chi connectivity index (χ2v) is 3.68. The van der Waals surface area contributed by atoms with Crippen molar-refractivity contribution < 1.29 is 0 Å². The van der Waals surface area contributed by atoms with Crippen LogP contribution in [-0.2, 0) is 0 Å². The molecule has 0 spiro atoms. The van der Waals surface area contributed by atoms with Crippen molar-refractivity contribution in [2.45, 2.75) is 27.7 Å². The van der Waals surface area contributed by atoms with Crippen LogP contribution in [0.1, 0.15) is 27.7 Å². The Morgan fingerprint density at radius 3 is 2.13 bits per heavy atom. The molecule has 0 heterocycles. The third-order valence-electron chi connectivity index (χ3n) is 2.19. The molecule has 0 fully saturated rings. The van der Waals surface area contributed by atoms with E-state index in [1.165, 1.54) is 0 Å². The normalized spacial score (nSPS) is 12.9. The lowest BCUT2D eigenvalue weighted by molar-refractivity contribution is 0.871. The first-order valence-electron chi connectivity index (χ1n) is 5.00. The maximum atomic E-state index is 4.32. The average molecular weight is 204 g/mol. The zero-order chi connectivity index (χ0) is 12.0.